The minimum atomic E-state index is -0.0777. The highest BCUT2D eigenvalue weighted by Crippen LogP contribution is 2.22. The molecule has 1 atom stereocenters. The number of piperidine rings is 1. The normalized spacial score (nSPS) is 15.6. The number of carbonyl (C=O) groups is 1. The molecule has 8 nitrogen and oxygen atoms in total. The highest BCUT2D eigenvalue weighted by atomic mass is 16.5. The van der Waals surface area contributed by atoms with Gasteiger partial charge in [-0.25, -0.2) is 0 Å². The smallest absolute Gasteiger partial charge is 0.241 e. The molecule has 1 unspecified atom stereocenters. The Labute approximate surface area is 200 Å². The summed E-state index contributed by atoms with van der Waals surface area (Å²) in [6, 6.07) is 15.4. The lowest BCUT2D eigenvalue weighted by molar-refractivity contribution is -0.127. The Hall–Kier alpha value is -3.39. The van der Waals surface area contributed by atoms with Gasteiger partial charge >= 0.3 is 0 Å². The van der Waals surface area contributed by atoms with Crippen LogP contribution >= 0.6 is 0 Å². The summed E-state index contributed by atoms with van der Waals surface area (Å²) in [6.45, 7) is 6.64. The first-order valence-corrected chi connectivity index (χ1v) is 11.7. The van der Waals surface area contributed by atoms with E-state index in [-0.39, 0.29) is 17.9 Å². The molecule has 1 N–H and O–H groups in total. The van der Waals surface area contributed by atoms with Gasteiger partial charge in [0.1, 0.15) is 18.1 Å². The molecule has 1 aromatic heterocycles. The first kappa shape index (κ1) is 23.8. The van der Waals surface area contributed by atoms with Crippen molar-refractivity contribution in [1.82, 2.24) is 20.4 Å². The third kappa shape index (κ3) is 6.35. The van der Waals surface area contributed by atoms with Crippen LogP contribution < -0.4 is 14.8 Å². The number of aromatic nitrogens is 2. The lowest BCUT2D eigenvalue weighted by Crippen LogP contribution is -2.44. The van der Waals surface area contributed by atoms with Gasteiger partial charge in [0, 0.05) is 11.5 Å². The first-order valence-electron chi connectivity index (χ1n) is 11.7. The standard InChI is InChI=1S/C26H32N4O4/c1-18-5-4-6-21(15-18)25-28-24(34-29-25)16-30-13-11-20(12-14-30)26(31)27-19(2)17-33-23-9-7-22(32-3)8-10-23/h4-10,15,19-20H,11-14,16-17H2,1-3H3,(H,27,31). The van der Waals surface area contributed by atoms with E-state index in [1.54, 1.807) is 7.11 Å². The van der Waals surface area contributed by atoms with Gasteiger partial charge in [-0.1, -0.05) is 28.9 Å². The van der Waals surface area contributed by atoms with E-state index in [9.17, 15) is 4.79 Å². The quantitative estimate of drug-likeness (QED) is 0.514. The Kier molecular flexibility index (Phi) is 7.80. The van der Waals surface area contributed by atoms with Gasteiger partial charge in [0.05, 0.1) is 19.7 Å². The van der Waals surface area contributed by atoms with Gasteiger partial charge in [-0.15, -0.1) is 0 Å². The number of likely N-dealkylation sites (tertiary alicyclic amines) is 1. The Morgan fingerprint density at radius 3 is 2.62 bits per heavy atom. The highest BCUT2D eigenvalue weighted by molar-refractivity contribution is 5.79. The number of rotatable bonds is 9. The van der Waals surface area contributed by atoms with Gasteiger partial charge < -0.3 is 19.3 Å². The van der Waals surface area contributed by atoms with E-state index in [4.69, 9.17) is 14.0 Å². The molecule has 4 rings (SSSR count). The zero-order valence-corrected chi connectivity index (χ0v) is 20.0. The van der Waals surface area contributed by atoms with Crippen LogP contribution in [-0.2, 0) is 11.3 Å². The summed E-state index contributed by atoms with van der Waals surface area (Å²) in [5.41, 5.74) is 2.11. The summed E-state index contributed by atoms with van der Waals surface area (Å²) in [5.74, 6) is 2.84. The van der Waals surface area contributed by atoms with E-state index in [0.29, 0.717) is 24.9 Å². The Bertz CT molecular complexity index is 1070. The van der Waals surface area contributed by atoms with Crippen LogP contribution in [0.4, 0.5) is 0 Å². The number of amides is 1. The van der Waals surface area contributed by atoms with Crippen molar-refractivity contribution in [2.75, 3.05) is 26.8 Å². The molecule has 180 valence electrons. The molecule has 8 heteroatoms. The summed E-state index contributed by atoms with van der Waals surface area (Å²) in [4.78, 5) is 19.5. The molecule has 1 saturated heterocycles. The SMILES string of the molecule is COc1ccc(OCC(C)NC(=O)C2CCN(Cc3nc(-c4cccc(C)c4)no3)CC2)cc1. The second-order valence-corrected chi connectivity index (χ2v) is 8.83. The molecule has 1 aliphatic rings. The largest absolute Gasteiger partial charge is 0.497 e. The van der Waals surface area contributed by atoms with Gasteiger partial charge in [-0.3, -0.25) is 9.69 Å². The van der Waals surface area contributed by atoms with Crippen LogP contribution in [0.3, 0.4) is 0 Å². The Morgan fingerprint density at radius 2 is 1.91 bits per heavy atom. The second-order valence-electron chi connectivity index (χ2n) is 8.83. The van der Waals surface area contributed by atoms with Gasteiger partial charge in [0.25, 0.3) is 0 Å². The van der Waals surface area contributed by atoms with Crippen LogP contribution in [-0.4, -0.2) is 53.8 Å². The molecule has 0 spiro atoms. The molecule has 34 heavy (non-hydrogen) atoms. The molecule has 0 bridgehead atoms. The number of aryl methyl sites for hydroxylation is 1. The van der Waals surface area contributed by atoms with E-state index >= 15 is 0 Å². The van der Waals surface area contributed by atoms with E-state index in [1.807, 2.05) is 62.4 Å². The maximum atomic E-state index is 12.7. The molecule has 3 aromatic rings. The van der Waals surface area contributed by atoms with Crippen molar-refractivity contribution < 1.29 is 18.8 Å². The number of benzene rings is 2. The minimum absolute atomic E-state index is 0.00484. The fourth-order valence-corrected chi connectivity index (χ4v) is 4.06. The van der Waals surface area contributed by atoms with Crippen molar-refractivity contribution in [1.29, 1.82) is 0 Å². The average molecular weight is 465 g/mol. The van der Waals surface area contributed by atoms with Gasteiger partial charge in [0.15, 0.2) is 0 Å². The molecule has 1 aliphatic heterocycles. The highest BCUT2D eigenvalue weighted by Gasteiger charge is 2.27. The third-order valence-electron chi connectivity index (χ3n) is 6.01. The molecule has 2 aromatic carbocycles. The summed E-state index contributed by atoms with van der Waals surface area (Å²) >= 11 is 0. The summed E-state index contributed by atoms with van der Waals surface area (Å²) < 4.78 is 16.4. The van der Waals surface area contributed by atoms with E-state index in [1.165, 1.54) is 0 Å². The number of ether oxygens (including phenoxy) is 2. The first-order chi connectivity index (χ1) is 16.5. The molecule has 1 amide bonds. The van der Waals surface area contributed by atoms with Crippen LogP contribution in [0, 0.1) is 12.8 Å². The van der Waals surface area contributed by atoms with Crippen molar-refractivity contribution in [2.24, 2.45) is 5.92 Å². The number of methoxy groups -OCH3 is 1. The van der Waals surface area contributed by atoms with E-state index < -0.39 is 0 Å². The lowest BCUT2D eigenvalue weighted by Gasteiger charge is -2.30. The number of nitrogens with one attached hydrogen (secondary N) is 1. The topological polar surface area (TPSA) is 89.7 Å². The molecule has 0 saturated carbocycles. The van der Waals surface area contributed by atoms with Crippen LogP contribution in [0.1, 0.15) is 31.2 Å². The summed E-state index contributed by atoms with van der Waals surface area (Å²) in [5, 5.41) is 7.21. The Balaban J connectivity index is 1.19. The summed E-state index contributed by atoms with van der Waals surface area (Å²) in [7, 11) is 1.63. The Morgan fingerprint density at radius 1 is 1.18 bits per heavy atom. The molecular weight excluding hydrogens is 432 g/mol. The van der Waals surface area contributed by atoms with Crippen molar-refractivity contribution in [3.63, 3.8) is 0 Å². The predicted octanol–water partition coefficient (Wildman–Crippen LogP) is 3.85. The van der Waals surface area contributed by atoms with Gasteiger partial charge in [-0.2, -0.15) is 4.98 Å². The van der Waals surface area contributed by atoms with Crippen molar-refractivity contribution in [3.05, 3.63) is 60.0 Å². The number of carbonyl (C=O) groups excluding carboxylic acids is 1. The second kappa shape index (κ2) is 11.2. The maximum Gasteiger partial charge on any atom is 0.241 e. The molecule has 0 aliphatic carbocycles. The maximum absolute atomic E-state index is 12.7. The molecule has 0 radical (unpaired) electrons. The van der Waals surface area contributed by atoms with Gasteiger partial charge in [0.2, 0.25) is 17.6 Å². The lowest BCUT2D eigenvalue weighted by atomic mass is 9.95. The van der Waals surface area contributed by atoms with E-state index in [2.05, 4.69) is 20.4 Å². The van der Waals surface area contributed by atoms with Crippen LogP contribution in [0.15, 0.2) is 53.1 Å². The van der Waals surface area contributed by atoms with Crippen molar-refractivity contribution >= 4 is 5.91 Å². The number of hydrogen-bond acceptors (Lipinski definition) is 7. The molecular formula is C26H32N4O4. The fourth-order valence-electron chi connectivity index (χ4n) is 4.06. The zero-order valence-electron chi connectivity index (χ0n) is 20.0. The predicted molar refractivity (Wildman–Crippen MR) is 129 cm³/mol. The number of nitrogens with zero attached hydrogens (tertiary/aromatic N) is 3. The fraction of sp³-hybridized carbons (Fsp3) is 0.423. The number of hydrogen-bond donors (Lipinski definition) is 1. The van der Waals surface area contributed by atoms with Crippen molar-refractivity contribution in [3.8, 4) is 22.9 Å². The third-order valence-corrected chi connectivity index (χ3v) is 6.01. The van der Waals surface area contributed by atoms with Crippen LogP contribution in [0.5, 0.6) is 11.5 Å². The minimum Gasteiger partial charge on any atom is -0.497 e. The van der Waals surface area contributed by atoms with Gasteiger partial charge in [-0.05, 0) is 70.1 Å². The monoisotopic (exact) mass is 464 g/mol. The average Bonchev–Trinajstić information content (AvgIpc) is 3.32. The summed E-state index contributed by atoms with van der Waals surface area (Å²) in [6.07, 6.45) is 1.60. The van der Waals surface area contributed by atoms with Crippen LogP contribution in [0.25, 0.3) is 11.4 Å². The van der Waals surface area contributed by atoms with Crippen LogP contribution in [0.2, 0.25) is 0 Å². The zero-order chi connectivity index (χ0) is 23.9. The molecule has 2 heterocycles. The molecule has 1 fully saturated rings. The van der Waals surface area contributed by atoms with Crippen molar-refractivity contribution in [2.45, 2.75) is 39.3 Å². The van der Waals surface area contributed by atoms with E-state index in [0.717, 1.165) is 48.6 Å².